The van der Waals surface area contributed by atoms with E-state index in [2.05, 4.69) is 0 Å². The van der Waals surface area contributed by atoms with Crippen molar-refractivity contribution < 1.29 is 14.3 Å². The molecule has 0 atom stereocenters. The topological polar surface area (TPSA) is 60.8 Å². The van der Waals surface area contributed by atoms with Crippen LogP contribution in [-0.2, 0) is 11.3 Å². The van der Waals surface area contributed by atoms with Gasteiger partial charge in [-0.2, -0.15) is 0 Å². The highest BCUT2D eigenvalue weighted by atomic mass is 16.5. The molecule has 0 spiro atoms. The molecule has 3 rings (SSSR count). The van der Waals surface area contributed by atoms with E-state index in [1.54, 1.807) is 36.3 Å². The number of nitrogens with zero attached hydrogens (tertiary/aromatic N) is 2. The van der Waals surface area contributed by atoms with Crippen molar-refractivity contribution in [2.75, 3.05) is 33.4 Å². The highest BCUT2D eigenvalue weighted by molar-refractivity contribution is 5.97. The summed E-state index contributed by atoms with van der Waals surface area (Å²) < 4.78 is 12.0. The number of fused-ring (bicyclic) bond motifs is 1. The van der Waals surface area contributed by atoms with Crippen LogP contribution in [0.15, 0.2) is 29.1 Å². The van der Waals surface area contributed by atoms with Gasteiger partial charge in [-0.15, -0.1) is 0 Å². The zero-order valence-electron chi connectivity index (χ0n) is 13.4. The minimum Gasteiger partial charge on any atom is -0.497 e. The first kappa shape index (κ1) is 15.6. The summed E-state index contributed by atoms with van der Waals surface area (Å²) in [6, 6.07) is 7.06. The Morgan fingerprint density at radius 3 is 2.65 bits per heavy atom. The Kier molecular flexibility index (Phi) is 4.34. The number of morpholine rings is 1. The van der Waals surface area contributed by atoms with Crippen molar-refractivity contribution in [1.29, 1.82) is 0 Å². The number of amides is 1. The largest absolute Gasteiger partial charge is 0.497 e. The third-order valence-corrected chi connectivity index (χ3v) is 4.15. The number of rotatable bonds is 3. The predicted molar refractivity (Wildman–Crippen MR) is 87.2 cm³/mol. The molecule has 1 aromatic carbocycles. The smallest absolute Gasteiger partial charge is 0.270 e. The molecule has 0 saturated carbocycles. The number of methoxy groups -OCH3 is 1. The molecular formula is C17H20N2O4. The average molecular weight is 316 g/mol. The number of hydrogen-bond acceptors (Lipinski definition) is 4. The lowest BCUT2D eigenvalue weighted by Gasteiger charge is -2.27. The molecule has 1 fully saturated rings. The summed E-state index contributed by atoms with van der Waals surface area (Å²) in [4.78, 5) is 27.2. The van der Waals surface area contributed by atoms with E-state index >= 15 is 0 Å². The SMILES string of the molecule is CCn1c(C(=O)N2CCOCC2)cc2cc(OC)ccc2c1=O. The van der Waals surface area contributed by atoms with Gasteiger partial charge in [-0.25, -0.2) is 0 Å². The van der Waals surface area contributed by atoms with Crippen LogP contribution in [0.2, 0.25) is 0 Å². The molecule has 1 saturated heterocycles. The first-order chi connectivity index (χ1) is 11.2. The zero-order chi connectivity index (χ0) is 16.4. The molecular weight excluding hydrogens is 296 g/mol. The van der Waals surface area contributed by atoms with E-state index in [4.69, 9.17) is 9.47 Å². The van der Waals surface area contributed by atoms with Crippen molar-refractivity contribution >= 4 is 16.7 Å². The summed E-state index contributed by atoms with van der Waals surface area (Å²) in [5.74, 6) is 0.535. The Labute approximate surface area is 134 Å². The van der Waals surface area contributed by atoms with Crippen LogP contribution >= 0.6 is 0 Å². The first-order valence-corrected chi connectivity index (χ1v) is 7.74. The number of benzene rings is 1. The Morgan fingerprint density at radius 1 is 1.26 bits per heavy atom. The Morgan fingerprint density at radius 2 is 2.00 bits per heavy atom. The molecule has 6 nitrogen and oxygen atoms in total. The van der Waals surface area contributed by atoms with Crippen LogP contribution in [0.5, 0.6) is 5.75 Å². The molecule has 1 aliphatic heterocycles. The fourth-order valence-electron chi connectivity index (χ4n) is 2.88. The van der Waals surface area contributed by atoms with E-state index < -0.39 is 0 Å². The fraction of sp³-hybridized carbons (Fsp3) is 0.412. The van der Waals surface area contributed by atoms with Crippen LogP contribution in [-0.4, -0.2) is 48.8 Å². The lowest BCUT2D eigenvalue weighted by molar-refractivity contribution is 0.0295. The fourth-order valence-corrected chi connectivity index (χ4v) is 2.88. The van der Waals surface area contributed by atoms with Crippen LogP contribution in [0.4, 0.5) is 0 Å². The molecule has 122 valence electrons. The summed E-state index contributed by atoms with van der Waals surface area (Å²) in [5, 5.41) is 1.31. The maximum absolute atomic E-state index is 12.8. The lowest BCUT2D eigenvalue weighted by Crippen LogP contribution is -2.42. The van der Waals surface area contributed by atoms with Crippen LogP contribution < -0.4 is 10.3 Å². The van der Waals surface area contributed by atoms with Crippen LogP contribution in [0.3, 0.4) is 0 Å². The number of aromatic nitrogens is 1. The highest BCUT2D eigenvalue weighted by Gasteiger charge is 2.22. The van der Waals surface area contributed by atoms with Gasteiger partial charge in [0.25, 0.3) is 11.5 Å². The average Bonchev–Trinajstić information content (AvgIpc) is 2.61. The predicted octanol–water partition coefficient (Wildman–Crippen LogP) is 1.50. The van der Waals surface area contributed by atoms with Crippen molar-refractivity contribution in [3.05, 3.63) is 40.3 Å². The third-order valence-electron chi connectivity index (χ3n) is 4.15. The Bertz CT molecular complexity index is 791. The second kappa shape index (κ2) is 6.42. The maximum Gasteiger partial charge on any atom is 0.270 e. The molecule has 0 aliphatic carbocycles. The molecule has 0 bridgehead atoms. The molecule has 1 aromatic heterocycles. The molecule has 2 heterocycles. The van der Waals surface area contributed by atoms with Gasteiger partial charge in [-0.3, -0.25) is 9.59 Å². The van der Waals surface area contributed by atoms with Gasteiger partial charge in [0.2, 0.25) is 0 Å². The minimum atomic E-state index is -0.149. The van der Waals surface area contributed by atoms with Gasteiger partial charge in [-0.05, 0) is 36.6 Å². The van der Waals surface area contributed by atoms with Crippen molar-refractivity contribution in [1.82, 2.24) is 9.47 Å². The lowest BCUT2D eigenvalue weighted by atomic mass is 10.1. The summed E-state index contributed by atoms with van der Waals surface area (Å²) in [6.07, 6.45) is 0. The number of carbonyl (C=O) groups excluding carboxylic acids is 1. The standard InChI is InChI=1S/C17H20N2O4/c1-3-19-15(17(21)18-6-8-23-9-7-18)11-12-10-13(22-2)4-5-14(12)16(19)20/h4-5,10-11H,3,6-9H2,1-2H3. The highest BCUT2D eigenvalue weighted by Crippen LogP contribution is 2.20. The second-order valence-corrected chi connectivity index (χ2v) is 5.44. The molecule has 23 heavy (non-hydrogen) atoms. The monoisotopic (exact) mass is 316 g/mol. The van der Waals surface area contributed by atoms with Crippen molar-refractivity contribution in [2.24, 2.45) is 0 Å². The van der Waals surface area contributed by atoms with Gasteiger partial charge < -0.3 is 18.9 Å². The molecule has 2 aromatic rings. The number of hydrogen-bond donors (Lipinski definition) is 0. The van der Waals surface area contributed by atoms with E-state index in [-0.39, 0.29) is 11.5 Å². The summed E-state index contributed by atoms with van der Waals surface area (Å²) in [7, 11) is 1.58. The summed E-state index contributed by atoms with van der Waals surface area (Å²) >= 11 is 0. The number of carbonyl (C=O) groups is 1. The number of ether oxygens (including phenoxy) is 2. The van der Waals surface area contributed by atoms with Crippen LogP contribution in [0.25, 0.3) is 10.8 Å². The maximum atomic E-state index is 12.8. The number of pyridine rings is 1. The van der Waals surface area contributed by atoms with E-state index in [9.17, 15) is 9.59 Å². The molecule has 0 radical (unpaired) electrons. The van der Waals surface area contributed by atoms with Gasteiger partial charge in [0.15, 0.2) is 0 Å². The minimum absolute atomic E-state index is 0.128. The molecule has 6 heteroatoms. The Hall–Kier alpha value is -2.34. The van der Waals surface area contributed by atoms with E-state index in [1.165, 1.54) is 4.57 Å². The van der Waals surface area contributed by atoms with Gasteiger partial charge in [0, 0.05) is 25.0 Å². The van der Waals surface area contributed by atoms with Crippen molar-refractivity contribution in [2.45, 2.75) is 13.5 Å². The summed E-state index contributed by atoms with van der Waals surface area (Å²) in [6.45, 7) is 4.48. The quantitative estimate of drug-likeness (QED) is 0.861. The Balaban J connectivity index is 2.14. The van der Waals surface area contributed by atoms with E-state index in [0.717, 1.165) is 5.39 Å². The normalized spacial score (nSPS) is 15.0. The van der Waals surface area contributed by atoms with E-state index in [0.29, 0.717) is 49.7 Å². The van der Waals surface area contributed by atoms with Crippen LogP contribution in [0, 0.1) is 0 Å². The van der Waals surface area contributed by atoms with Gasteiger partial charge in [0.05, 0.1) is 20.3 Å². The molecule has 0 N–H and O–H groups in total. The van der Waals surface area contributed by atoms with Crippen molar-refractivity contribution in [3.8, 4) is 5.75 Å². The zero-order valence-corrected chi connectivity index (χ0v) is 13.4. The molecule has 0 unspecified atom stereocenters. The third kappa shape index (κ3) is 2.82. The summed E-state index contributed by atoms with van der Waals surface area (Å²) in [5.41, 5.74) is 0.268. The first-order valence-electron chi connectivity index (χ1n) is 7.74. The van der Waals surface area contributed by atoms with Gasteiger partial charge in [0.1, 0.15) is 11.4 Å². The van der Waals surface area contributed by atoms with Crippen molar-refractivity contribution in [3.63, 3.8) is 0 Å². The van der Waals surface area contributed by atoms with Crippen LogP contribution in [0.1, 0.15) is 17.4 Å². The second-order valence-electron chi connectivity index (χ2n) is 5.44. The molecule has 1 aliphatic rings. The molecule has 1 amide bonds. The van der Waals surface area contributed by atoms with E-state index in [1.807, 2.05) is 6.92 Å². The van der Waals surface area contributed by atoms with Gasteiger partial charge in [-0.1, -0.05) is 0 Å². The van der Waals surface area contributed by atoms with Gasteiger partial charge >= 0.3 is 0 Å².